The summed E-state index contributed by atoms with van der Waals surface area (Å²) in [5, 5.41) is 7.25. The number of thiocarbonyl (C=S) groups is 1. The Morgan fingerprint density at radius 3 is 2.54 bits per heavy atom. The number of hydrogen-bond donors (Lipinski definition) is 2. The van der Waals surface area contributed by atoms with Gasteiger partial charge in [0.2, 0.25) is 5.91 Å². The Hall–Kier alpha value is -1.46. The number of carbonyl (C=O) groups is 1. The zero-order valence-corrected chi connectivity index (χ0v) is 17.1. The summed E-state index contributed by atoms with van der Waals surface area (Å²) in [4.78, 5) is 14.8. The molecule has 0 radical (unpaired) electrons. The molecule has 144 valence electrons. The Balaban J connectivity index is 1.84. The Bertz CT molecular complexity index is 578. The van der Waals surface area contributed by atoms with E-state index < -0.39 is 0 Å². The van der Waals surface area contributed by atoms with Crippen molar-refractivity contribution in [3.05, 3.63) is 35.9 Å². The molecule has 2 N–H and O–H groups in total. The minimum atomic E-state index is -0.0701. The summed E-state index contributed by atoms with van der Waals surface area (Å²) in [5.41, 5.74) is 1.31. The molecule has 0 unspecified atom stereocenters. The van der Waals surface area contributed by atoms with Crippen molar-refractivity contribution in [2.24, 2.45) is 5.92 Å². The van der Waals surface area contributed by atoms with Crippen molar-refractivity contribution in [2.75, 3.05) is 13.6 Å². The highest BCUT2D eigenvalue weighted by molar-refractivity contribution is 7.80. The van der Waals surface area contributed by atoms with Gasteiger partial charge in [-0.05, 0) is 25.3 Å². The van der Waals surface area contributed by atoms with Crippen molar-refractivity contribution in [2.45, 2.75) is 64.6 Å². The second kappa shape index (κ2) is 10.6. The van der Waals surface area contributed by atoms with Crippen LogP contribution in [0.25, 0.3) is 0 Å². The smallest absolute Gasteiger partial charge is 0.225 e. The molecule has 1 aliphatic rings. The summed E-state index contributed by atoms with van der Waals surface area (Å²) in [6, 6.07) is 11.3. The van der Waals surface area contributed by atoms with Gasteiger partial charge in [0.05, 0.1) is 4.99 Å². The Kier molecular flexibility index (Phi) is 8.52. The van der Waals surface area contributed by atoms with E-state index >= 15 is 0 Å². The van der Waals surface area contributed by atoms with Gasteiger partial charge in [-0.2, -0.15) is 0 Å². The van der Waals surface area contributed by atoms with Gasteiger partial charge in [0, 0.05) is 44.6 Å². The first-order chi connectivity index (χ1) is 12.5. The van der Waals surface area contributed by atoms with Gasteiger partial charge >= 0.3 is 0 Å². The highest BCUT2D eigenvalue weighted by atomic mass is 32.1. The lowest BCUT2D eigenvalue weighted by atomic mass is 9.89. The Morgan fingerprint density at radius 1 is 1.23 bits per heavy atom. The minimum Gasteiger partial charge on any atom is -0.375 e. The van der Waals surface area contributed by atoms with Crippen LogP contribution in [0.2, 0.25) is 0 Å². The average molecular weight is 376 g/mol. The van der Waals surface area contributed by atoms with Gasteiger partial charge in [0.25, 0.3) is 0 Å². The summed E-state index contributed by atoms with van der Waals surface area (Å²) < 4.78 is 0. The predicted octanol–water partition coefficient (Wildman–Crippen LogP) is 3.51. The molecule has 1 amide bonds. The molecule has 1 saturated carbocycles. The van der Waals surface area contributed by atoms with Gasteiger partial charge in [0.15, 0.2) is 0 Å². The van der Waals surface area contributed by atoms with Crippen molar-refractivity contribution in [3.8, 4) is 0 Å². The summed E-state index contributed by atoms with van der Waals surface area (Å²) in [5.74, 6) is 0.0957. The molecule has 1 aliphatic carbocycles. The third-order valence-corrected chi connectivity index (χ3v) is 5.57. The van der Waals surface area contributed by atoms with E-state index in [2.05, 4.69) is 34.9 Å². The fourth-order valence-corrected chi connectivity index (χ4v) is 3.96. The van der Waals surface area contributed by atoms with E-state index in [0.29, 0.717) is 18.5 Å². The zero-order chi connectivity index (χ0) is 18.9. The normalized spacial score (nSPS) is 21.0. The van der Waals surface area contributed by atoms with E-state index in [1.807, 2.05) is 27.0 Å². The van der Waals surface area contributed by atoms with Crippen molar-refractivity contribution < 1.29 is 4.79 Å². The quantitative estimate of drug-likeness (QED) is 0.683. The second-order valence-electron chi connectivity index (χ2n) is 7.39. The van der Waals surface area contributed by atoms with Crippen molar-refractivity contribution >= 4 is 23.1 Å². The SMILES string of the molecule is CCN(C)C(=O)[C@H](C)CC(=S)N[C@@H]1CCCC[C@H]1NCc1ccccc1. The number of nitrogens with one attached hydrogen (secondary N) is 2. The summed E-state index contributed by atoms with van der Waals surface area (Å²) in [6.45, 7) is 5.57. The highest BCUT2D eigenvalue weighted by Crippen LogP contribution is 2.20. The van der Waals surface area contributed by atoms with Crippen LogP contribution in [0.5, 0.6) is 0 Å². The first kappa shape index (κ1) is 20.8. The van der Waals surface area contributed by atoms with Crippen LogP contribution < -0.4 is 10.6 Å². The first-order valence-electron chi connectivity index (χ1n) is 9.83. The van der Waals surface area contributed by atoms with Crippen LogP contribution in [0.4, 0.5) is 0 Å². The van der Waals surface area contributed by atoms with Crippen molar-refractivity contribution in [1.29, 1.82) is 0 Å². The zero-order valence-electron chi connectivity index (χ0n) is 16.3. The molecule has 1 aromatic carbocycles. The minimum absolute atomic E-state index is 0.0701. The van der Waals surface area contributed by atoms with Crippen LogP contribution in [0, 0.1) is 5.92 Å². The lowest BCUT2D eigenvalue weighted by Crippen LogP contribution is -2.51. The molecule has 0 aromatic heterocycles. The van der Waals surface area contributed by atoms with E-state index in [1.165, 1.54) is 24.8 Å². The first-order valence-corrected chi connectivity index (χ1v) is 10.2. The Labute approximate surface area is 163 Å². The lowest BCUT2D eigenvalue weighted by molar-refractivity contribution is -0.133. The number of rotatable bonds is 8. The van der Waals surface area contributed by atoms with E-state index in [9.17, 15) is 4.79 Å². The monoisotopic (exact) mass is 375 g/mol. The van der Waals surface area contributed by atoms with Crippen LogP contribution in [-0.4, -0.2) is 41.5 Å². The van der Waals surface area contributed by atoms with Crippen LogP contribution >= 0.6 is 12.2 Å². The molecule has 0 heterocycles. The Morgan fingerprint density at radius 2 is 1.88 bits per heavy atom. The summed E-state index contributed by atoms with van der Waals surface area (Å²) >= 11 is 5.57. The molecule has 26 heavy (non-hydrogen) atoms. The molecule has 2 rings (SSSR count). The van der Waals surface area contributed by atoms with E-state index in [1.54, 1.807) is 4.90 Å². The number of carbonyl (C=O) groups excluding carboxylic acids is 1. The van der Waals surface area contributed by atoms with Gasteiger partial charge in [-0.3, -0.25) is 4.79 Å². The maximum atomic E-state index is 12.3. The largest absolute Gasteiger partial charge is 0.375 e. The van der Waals surface area contributed by atoms with Crippen LogP contribution in [-0.2, 0) is 11.3 Å². The third-order valence-electron chi connectivity index (χ3n) is 5.29. The molecular formula is C21H33N3OS. The average Bonchev–Trinajstić information content (AvgIpc) is 2.66. The van der Waals surface area contributed by atoms with Gasteiger partial charge in [-0.15, -0.1) is 0 Å². The molecular weight excluding hydrogens is 342 g/mol. The summed E-state index contributed by atoms with van der Waals surface area (Å²) in [7, 11) is 1.85. The van der Waals surface area contributed by atoms with Crippen LogP contribution in [0.3, 0.4) is 0 Å². The van der Waals surface area contributed by atoms with Gasteiger partial charge < -0.3 is 15.5 Å². The fourth-order valence-electron chi connectivity index (χ4n) is 3.56. The number of hydrogen-bond acceptors (Lipinski definition) is 3. The molecule has 1 fully saturated rings. The number of nitrogens with zero attached hydrogens (tertiary/aromatic N) is 1. The standard InChI is InChI=1S/C21H33N3OS/c1-4-24(3)21(25)16(2)14-20(26)23-19-13-9-8-12-18(19)22-15-17-10-6-5-7-11-17/h5-7,10-11,16,18-19,22H,4,8-9,12-15H2,1-3H3,(H,23,26)/t16-,18-,19-/m1/s1. The molecule has 0 saturated heterocycles. The molecule has 1 aromatic rings. The molecule has 5 heteroatoms. The van der Waals surface area contributed by atoms with Crippen LogP contribution in [0.1, 0.15) is 51.5 Å². The molecule has 0 spiro atoms. The molecule has 4 nitrogen and oxygen atoms in total. The predicted molar refractivity (Wildman–Crippen MR) is 112 cm³/mol. The topological polar surface area (TPSA) is 44.4 Å². The molecule has 0 aliphatic heterocycles. The molecule has 3 atom stereocenters. The van der Waals surface area contributed by atoms with Crippen molar-refractivity contribution in [3.63, 3.8) is 0 Å². The second-order valence-corrected chi connectivity index (χ2v) is 7.88. The van der Waals surface area contributed by atoms with Gasteiger partial charge in [-0.1, -0.05) is 62.3 Å². The number of amides is 1. The lowest BCUT2D eigenvalue weighted by Gasteiger charge is -2.34. The maximum absolute atomic E-state index is 12.3. The number of benzene rings is 1. The summed E-state index contributed by atoms with van der Waals surface area (Å²) in [6.07, 6.45) is 5.41. The van der Waals surface area contributed by atoms with Gasteiger partial charge in [-0.25, -0.2) is 0 Å². The van der Waals surface area contributed by atoms with E-state index in [0.717, 1.165) is 24.5 Å². The molecule has 0 bridgehead atoms. The fraction of sp³-hybridized carbons (Fsp3) is 0.619. The third kappa shape index (κ3) is 6.36. The maximum Gasteiger partial charge on any atom is 0.225 e. The van der Waals surface area contributed by atoms with Gasteiger partial charge in [0.1, 0.15) is 0 Å². The van der Waals surface area contributed by atoms with Crippen molar-refractivity contribution in [1.82, 2.24) is 15.5 Å². The highest BCUT2D eigenvalue weighted by Gasteiger charge is 2.26. The van der Waals surface area contributed by atoms with E-state index in [4.69, 9.17) is 12.2 Å². The van der Waals surface area contributed by atoms with Crippen LogP contribution in [0.15, 0.2) is 30.3 Å². The van der Waals surface area contributed by atoms with E-state index in [-0.39, 0.29) is 11.8 Å².